The zero-order chi connectivity index (χ0) is 18.2. The number of aromatic nitrogens is 1. The number of amides is 3. The minimum atomic E-state index is -0.497. The first kappa shape index (κ1) is 18.2. The standard InChI is InChI=1S/C19H17N3O2S2/c23-17(22-18(24)20-11-14-7-3-1-4-8-14)13-26-19-21-16(12-25-19)15-9-5-2-6-10-15/h1-10,12H,11,13H2,(H2,20,22,23,24). The van der Waals surface area contributed by atoms with E-state index in [-0.39, 0.29) is 11.7 Å². The Morgan fingerprint density at radius 2 is 1.69 bits per heavy atom. The van der Waals surface area contributed by atoms with Gasteiger partial charge < -0.3 is 5.32 Å². The summed E-state index contributed by atoms with van der Waals surface area (Å²) >= 11 is 2.80. The van der Waals surface area contributed by atoms with Crippen LogP contribution in [-0.4, -0.2) is 22.7 Å². The number of thioether (sulfide) groups is 1. The summed E-state index contributed by atoms with van der Waals surface area (Å²) in [6, 6.07) is 18.9. The largest absolute Gasteiger partial charge is 0.334 e. The average molecular weight is 383 g/mol. The van der Waals surface area contributed by atoms with Crippen LogP contribution >= 0.6 is 23.1 Å². The normalized spacial score (nSPS) is 10.3. The van der Waals surface area contributed by atoms with E-state index in [2.05, 4.69) is 15.6 Å². The molecule has 0 fully saturated rings. The maximum absolute atomic E-state index is 11.9. The second kappa shape index (κ2) is 9.17. The fourth-order valence-corrected chi connectivity index (χ4v) is 3.81. The lowest BCUT2D eigenvalue weighted by Gasteiger charge is -2.06. The number of nitrogens with zero attached hydrogens (tertiary/aromatic N) is 1. The fourth-order valence-electron chi connectivity index (χ4n) is 2.18. The predicted molar refractivity (Wildman–Crippen MR) is 105 cm³/mol. The van der Waals surface area contributed by atoms with Crippen molar-refractivity contribution in [2.24, 2.45) is 0 Å². The van der Waals surface area contributed by atoms with E-state index in [1.54, 1.807) is 0 Å². The van der Waals surface area contributed by atoms with Gasteiger partial charge in [0.2, 0.25) is 5.91 Å². The lowest BCUT2D eigenvalue weighted by molar-refractivity contribution is -0.117. The number of urea groups is 1. The van der Waals surface area contributed by atoms with Crippen molar-refractivity contribution in [1.29, 1.82) is 0 Å². The van der Waals surface area contributed by atoms with Gasteiger partial charge in [-0.1, -0.05) is 72.4 Å². The number of benzene rings is 2. The highest BCUT2D eigenvalue weighted by molar-refractivity contribution is 8.01. The molecular formula is C19H17N3O2S2. The Hall–Kier alpha value is -2.64. The van der Waals surface area contributed by atoms with Crippen LogP contribution < -0.4 is 10.6 Å². The Labute approximate surface area is 159 Å². The topological polar surface area (TPSA) is 71.1 Å². The number of rotatable bonds is 6. The minimum Gasteiger partial charge on any atom is -0.334 e. The molecule has 0 atom stereocenters. The third-order valence-electron chi connectivity index (χ3n) is 3.43. The Morgan fingerprint density at radius 1 is 1.00 bits per heavy atom. The molecule has 0 saturated heterocycles. The number of imide groups is 1. The van der Waals surface area contributed by atoms with E-state index in [0.29, 0.717) is 6.54 Å². The van der Waals surface area contributed by atoms with Crippen molar-refractivity contribution in [1.82, 2.24) is 15.6 Å². The molecule has 3 amide bonds. The molecule has 7 heteroatoms. The van der Waals surface area contributed by atoms with Crippen LogP contribution in [0.15, 0.2) is 70.4 Å². The molecule has 3 aromatic rings. The Morgan fingerprint density at radius 3 is 2.42 bits per heavy atom. The van der Waals surface area contributed by atoms with Crippen molar-refractivity contribution < 1.29 is 9.59 Å². The molecule has 0 saturated carbocycles. The van der Waals surface area contributed by atoms with Gasteiger partial charge in [-0.3, -0.25) is 10.1 Å². The zero-order valence-electron chi connectivity index (χ0n) is 13.8. The molecule has 3 rings (SSSR count). The highest BCUT2D eigenvalue weighted by Crippen LogP contribution is 2.27. The van der Waals surface area contributed by atoms with Crippen molar-refractivity contribution in [3.63, 3.8) is 0 Å². The molecule has 0 unspecified atom stereocenters. The molecule has 0 spiro atoms. The van der Waals surface area contributed by atoms with Gasteiger partial charge in [-0.15, -0.1) is 11.3 Å². The second-order valence-electron chi connectivity index (χ2n) is 5.37. The molecule has 1 heterocycles. The van der Waals surface area contributed by atoms with Crippen molar-refractivity contribution in [3.8, 4) is 11.3 Å². The summed E-state index contributed by atoms with van der Waals surface area (Å²) in [7, 11) is 0. The maximum atomic E-state index is 11.9. The number of thiazole rings is 1. The van der Waals surface area contributed by atoms with Gasteiger partial charge in [0.25, 0.3) is 0 Å². The first-order valence-corrected chi connectivity index (χ1v) is 9.82. The Kier molecular flexibility index (Phi) is 6.40. The molecule has 5 nitrogen and oxygen atoms in total. The summed E-state index contributed by atoms with van der Waals surface area (Å²) in [5, 5.41) is 6.95. The molecule has 1 aromatic heterocycles. The summed E-state index contributed by atoms with van der Waals surface area (Å²) < 4.78 is 0.795. The Balaban J connectivity index is 1.42. The van der Waals surface area contributed by atoms with Gasteiger partial charge in [-0.2, -0.15) is 0 Å². The van der Waals surface area contributed by atoms with Crippen LogP contribution in [0.4, 0.5) is 4.79 Å². The van der Waals surface area contributed by atoms with Crippen molar-refractivity contribution in [2.75, 3.05) is 5.75 Å². The SMILES string of the molecule is O=C(CSc1nc(-c2ccccc2)cs1)NC(=O)NCc1ccccc1. The first-order chi connectivity index (χ1) is 12.7. The van der Waals surface area contributed by atoms with Crippen LogP contribution in [0.1, 0.15) is 5.56 Å². The average Bonchev–Trinajstić information content (AvgIpc) is 3.15. The summed E-state index contributed by atoms with van der Waals surface area (Å²) in [5.74, 6) is -0.211. The van der Waals surface area contributed by atoms with Gasteiger partial charge in [0.15, 0.2) is 4.34 Å². The summed E-state index contributed by atoms with van der Waals surface area (Å²) in [5.41, 5.74) is 2.90. The fraction of sp³-hybridized carbons (Fsp3) is 0.105. The molecule has 0 radical (unpaired) electrons. The third-order valence-corrected chi connectivity index (χ3v) is 5.45. The van der Waals surface area contributed by atoms with Gasteiger partial charge in [0, 0.05) is 17.5 Å². The van der Waals surface area contributed by atoms with Gasteiger partial charge in [0.05, 0.1) is 11.4 Å². The number of carbonyl (C=O) groups is 2. The van der Waals surface area contributed by atoms with Gasteiger partial charge >= 0.3 is 6.03 Å². The number of hydrogen-bond acceptors (Lipinski definition) is 5. The number of hydrogen-bond donors (Lipinski definition) is 2. The molecule has 0 bridgehead atoms. The van der Waals surface area contributed by atoms with Crippen LogP contribution in [0.25, 0.3) is 11.3 Å². The van der Waals surface area contributed by atoms with Crippen LogP contribution in [0.3, 0.4) is 0 Å². The maximum Gasteiger partial charge on any atom is 0.321 e. The first-order valence-electron chi connectivity index (χ1n) is 7.96. The zero-order valence-corrected chi connectivity index (χ0v) is 15.5. The van der Waals surface area contributed by atoms with Crippen LogP contribution in [0.5, 0.6) is 0 Å². The van der Waals surface area contributed by atoms with E-state index in [9.17, 15) is 9.59 Å². The Bertz CT molecular complexity index is 867. The highest BCUT2D eigenvalue weighted by atomic mass is 32.2. The van der Waals surface area contributed by atoms with Gasteiger partial charge in [-0.25, -0.2) is 9.78 Å². The van der Waals surface area contributed by atoms with Gasteiger partial charge in [0.1, 0.15) is 0 Å². The van der Waals surface area contributed by atoms with Crippen LogP contribution in [0, 0.1) is 0 Å². The summed E-state index contributed by atoms with van der Waals surface area (Å²) in [6.45, 7) is 0.375. The predicted octanol–water partition coefficient (Wildman–Crippen LogP) is 3.93. The van der Waals surface area contributed by atoms with Crippen LogP contribution in [-0.2, 0) is 11.3 Å². The number of carbonyl (C=O) groups excluding carboxylic acids is 2. The smallest absolute Gasteiger partial charge is 0.321 e. The lowest BCUT2D eigenvalue weighted by atomic mass is 10.2. The van der Waals surface area contributed by atoms with Gasteiger partial charge in [-0.05, 0) is 5.56 Å². The van der Waals surface area contributed by atoms with E-state index in [4.69, 9.17) is 0 Å². The van der Waals surface area contributed by atoms with Crippen LogP contribution in [0.2, 0.25) is 0 Å². The van der Waals surface area contributed by atoms with E-state index in [1.165, 1.54) is 23.1 Å². The molecular weight excluding hydrogens is 366 g/mol. The highest BCUT2D eigenvalue weighted by Gasteiger charge is 2.10. The minimum absolute atomic E-state index is 0.139. The monoisotopic (exact) mass is 383 g/mol. The molecule has 26 heavy (non-hydrogen) atoms. The molecule has 0 aliphatic carbocycles. The molecule has 2 aromatic carbocycles. The van der Waals surface area contributed by atoms with E-state index in [0.717, 1.165) is 21.2 Å². The van der Waals surface area contributed by atoms with E-state index < -0.39 is 6.03 Å². The number of nitrogens with one attached hydrogen (secondary N) is 2. The molecule has 0 aliphatic rings. The third kappa shape index (κ3) is 5.44. The van der Waals surface area contributed by atoms with E-state index >= 15 is 0 Å². The quantitative estimate of drug-likeness (QED) is 0.633. The van der Waals surface area contributed by atoms with Crippen molar-refractivity contribution in [3.05, 3.63) is 71.6 Å². The van der Waals surface area contributed by atoms with E-state index in [1.807, 2.05) is 66.0 Å². The molecule has 0 aliphatic heterocycles. The summed E-state index contributed by atoms with van der Waals surface area (Å²) in [4.78, 5) is 28.2. The second-order valence-corrected chi connectivity index (χ2v) is 7.45. The molecule has 2 N–H and O–H groups in total. The lowest BCUT2D eigenvalue weighted by Crippen LogP contribution is -2.39. The van der Waals surface area contributed by atoms with Crippen molar-refractivity contribution >= 4 is 35.0 Å². The summed E-state index contributed by atoms with van der Waals surface area (Å²) in [6.07, 6.45) is 0. The molecule has 132 valence electrons. The van der Waals surface area contributed by atoms with Crippen molar-refractivity contribution in [2.45, 2.75) is 10.9 Å².